The van der Waals surface area contributed by atoms with Crippen molar-refractivity contribution in [3.8, 4) is 0 Å². The summed E-state index contributed by atoms with van der Waals surface area (Å²) in [5.41, 5.74) is -0.501. The van der Waals surface area contributed by atoms with Crippen LogP contribution in [0.25, 0.3) is 0 Å². The maximum Gasteiger partial charge on any atom is 0.407 e. The Labute approximate surface area is 313 Å². The van der Waals surface area contributed by atoms with Gasteiger partial charge in [0, 0.05) is 75.8 Å². The predicted octanol–water partition coefficient (Wildman–Crippen LogP) is 2.75. The summed E-state index contributed by atoms with van der Waals surface area (Å²) in [6.07, 6.45) is 6.21. The standard InChI is InChI=1S/C40H61FN6O6/c1-40(2,3)53-39(51)43-23-10-13-46(21-23)34-30(41)18-28-33-37(34)52-32-20-27-26(24-8-5-6-9-25(24)35(27)48)19-31(32)47(33)22-29(36(28)49)38(50)42-11-7-12-45-16-14-44(4)15-17-45/h22-28,30-34,37H,5-21H2,1-4H3,(H,42,50)(H,43,51)/t23-,24?,25?,26?,27?,28?,30?,31?,32?,33?,34?,37?/m0/s1. The lowest BCUT2D eigenvalue weighted by atomic mass is 9.66. The highest BCUT2D eigenvalue weighted by atomic mass is 19.1. The molecule has 4 aliphatic carbocycles. The van der Waals surface area contributed by atoms with E-state index in [9.17, 15) is 19.2 Å². The molecule has 0 aromatic carbocycles. The minimum atomic E-state index is -1.36. The second kappa shape index (κ2) is 14.8. The average Bonchev–Trinajstić information content (AvgIpc) is 3.68. The summed E-state index contributed by atoms with van der Waals surface area (Å²) in [7, 11) is 2.13. The summed E-state index contributed by atoms with van der Waals surface area (Å²) in [5, 5.41) is 6.01. The van der Waals surface area contributed by atoms with Crippen LogP contribution in [0.2, 0.25) is 0 Å². The van der Waals surface area contributed by atoms with Crippen LogP contribution < -0.4 is 10.6 Å². The first-order valence-corrected chi connectivity index (χ1v) is 20.7. The van der Waals surface area contributed by atoms with Crippen molar-refractivity contribution in [3.05, 3.63) is 11.8 Å². The molecule has 0 spiro atoms. The first-order chi connectivity index (χ1) is 25.4. The van der Waals surface area contributed by atoms with Crippen LogP contribution in [-0.4, -0.2) is 151 Å². The second-order valence-electron chi connectivity index (χ2n) is 18.5. The summed E-state index contributed by atoms with van der Waals surface area (Å²) in [5.74, 6) is -0.238. The van der Waals surface area contributed by atoms with Gasteiger partial charge < -0.3 is 34.8 Å². The number of morpholine rings is 1. The molecule has 12 atom stereocenters. The summed E-state index contributed by atoms with van der Waals surface area (Å²) in [4.78, 5) is 63.6. The third kappa shape index (κ3) is 7.29. The molecule has 4 aliphatic heterocycles. The number of likely N-dealkylation sites (tertiary alicyclic amines) is 1. The summed E-state index contributed by atoms with van der Waals surface area (Å²) < 4.78 is 29.3. The molecule has 12 nitrogen and oxygen atoms in total. The van der Waals surface area contributed by atoms with E-state index in [1.165, 1.54) is 0 Å². The maximum atomic E-state index is 16.7. The molecule has 7 fully saturated rings. The van der Waals surface area contributed by atoms with Crippen LogP contribution in [0.15, 0.2) is 11.8 Å². The lowest BCUT2D eigenvalue weighted by Gasteiger charge is -2.61. The van der Waals surface area contributed by atoms with E-state index in [-0.39, 0.29) is 59.6 Å². The number of alkyl halides is 1. The van der Waals surface area contributed by atoms with Crippen molar-refractivity contribution in [3.63, 3.8) is 0 Å². The minimum Gasteiger partial charge on any atom is -0.444 e. The Balaban J connectivity index is 1.03. The van der Waals surface area contributed by atoms with Gasteiger partial charge in [0.15, 0.2) is 5.78 Å². The number of ether oxygens (including phenoxy) is 2. The van der Waals surface area contributed by atoms with Gasteiger partial charge in [0.05, 0.1) is 35.9 Å². The highest BCUT2D eigenvalue weighted by Gasteiger charge is 2.63. The number of carbonyl (C=O) groups is 4. The smallest absolute Gasteiger partial charge is 0.407 e. The molecule has 0 radical (unpaired) electrons. The van der Waals surface area contributed by atoms with E-state index < -0.39 is 42.0 Å². The van der Waals surface area contributed by atoms with E-state index in [2.05, 4.69) is 37.3 Å². The third-order valence-electron chi connectivity index (χ3n) is 14.1. The number of carbonyl (C=O) groups excluding carboxylic acids is 4. The number of rotatable bonds is 7. The molecule has 13 heteroatoms. The Hall–Kier alpha value is -2.61. The van der Waals surface area contributed by atoms with E-state index in [1.54, 1.807) is 6.20 Å². The highest BCUT2D eigenvalue weighted by Crippen LogP contribution is 2.56. The lowest BCUT2D eigenvalue weighted by molar-refractivity contribution is -0.217. The summed E-state index contributed by atoms with van der Waals surface area (Å²) in [6, 6.07) is -1.30. The molecule has 0 aromatic rings. The zero-order chi connectivity index (χ0) is 37.2. The van der Waals surface area contributed by atoms with E-state index >= 15 is 4.39 Å². The first-order valence-electron chi connectivity index (χ1n) is 20.7. The van der Waals surface area contributed by atoms with Gasteiger partial charge in [-0.1, -0.05) is 12.8 Å². The predicted molar refractivity (Wildman–Crippen MR) is 196 cm³/mol. The molecule has 3 saturated heterocycles. The van der Waals surface area contributed by atoms with Gasteiger partial charge in [-0.15, -0.1) is 0 Å². The van der Waals surface area contributed by atoms with Crippen LogP contribution in [-0.2, 0) is 23.9 Å². The molecule has 8 aliphatic rings. The SMILES string of the molecule is CN1CCN(CCCNC(=O)C2=CN3C4CC5C(CC4OC4C(N6CC[C@H](NC(=O)OC(C)(C)C)C6)C(F)CC(C2=O)C43)C(=O)C2CCCCC25)CC1. The number of ketones is 2. The molecule has 0 bridgehead atoms. The van der Waals surface area contributed by atoms with Crippen LogP contribution in [0.5, 0.6) is 0 Å². The van der Waals surface area contributed by atoms with Gasteiger partial charge in [-0.25, -0.2) is 9.18 Å². The summed E-state index contributed by atoms with van der Waals surface area (Å²) in [6.45, 7) is 12.0. The molecule has 4 saturated carbocycles. The second-order valence-corrected chi connectivity index (χ2v) is 18.5. The van der Waals surface area contributed by atoms with Gasteiger partial charge in [0.25, 0.3) is 5.91 Å². The maximum absolute atomic E-state index is 16.7. The summed E-state index contributed by atoms with van der Waals surface area (Å²) >= 11 is 0. The van der Waals surface area contributed by atoms with Gasteiger partial charge in [-0.2, -0.15) is 0 Å². The number of alkyl carbamates (subject to hydrolysis) is 1. The number of likely N-dealkylation sites (N-methyl/N-ethyl adjacent to an activating group) is 1. The molecule has 11 unspecified atom stereocenters. The molecular weight excluding hydrogens is 679 g/mol. The zero-order valence-electron chi connectivity index (χ0n) is 32.1. The van der Waals surface area contributed by atoms with E-state index in [0.717, 1.165) is 71.2 Å². The van der Waals surface area contributed by atoms with Gasteiger partial charge in [-0.05, 0) is 91.1 Å². The molecule has 2 N–H and O–H groups in total. The van der Waals surface area contributed by atoms with E-state index in [0.29, 0.717) is 44.2 Å². The van der Waals surface area contributed by atoms with Crippen LogP contribution in [0.1, 0.15) is 78.6 Å². The van der Waals surface area contributed by atoms with Crippen molar-refractivity contribution < 1.29 is 33.0 Å². The number of amides is 2. The number of hydrogen-bond donors (Lipinski definition) is 2. The van der Waals surface area contributed by atoms with Crippen molar-refractivity contribution in [2.45, 2.75) is 127 Å². The molecule has 4 heterocycles. The van der Waals surface area contributed by atoms with Gasteiger partial charge in [-0.3, -0.25) is 19.3 Å². The molecule has 2 amide bonds. The molecule has 8 rings (SSSR count). The Morgan fingerprint density at radius 2 is 1.72 bits per heavy atom. The van der Waals surface area contributed by atoms with Crippen LogP contribution >= 0.6 is 0 Å². The van der Waals surface area contributed by atoms with E-state index in [1.807, 2.05) is 20.8 Å². The average molecular weight is 741 g/mol. The Morgan fingerprint density at radius 1 is 0.943 bits per heavy atom. The van der Waals surface area contributed by atoms with Crippen LogP contribution in [0.3, 0.4) is 0 Å². The number of fused-ring (bicyclic) bond motifs is 5. The Morgan fingerprint density at radius 3 is 2.49 bits per heavy atom. The lowest BCUT2D eigenvalue weighted by Crippen LogP contribution is -2.73. The van der Waals surface area contributed by atoms with Crippen molar-refractivity contribution >= 4 is 23.6 Å². The number of halogens is 1. The van der Waals surface area contributed by atoms with Gasteiger partial charge in [0.1, 0.15) is 17.6 Å². The molecular formula is C40H61FN6O6. The third-order valence-corrected chi connectivity index (χ3v) is 14.1. The fourth-order valence-electron chi connectivity index (χ4n) is 11.6. The normalized spacial score (nSPS) is 40.5. The molecule has 53 heavy (non-hydrogen) atoms. The fraction of sp³-hybridized carbons (Fsp3) is 0.850. The highest BCUT2D eigenvalue weighted by molar-refractivity contribution is 6.20. The molecule has 294 valence electrons. The van der Waals surface area contributed by atoms with Crippen molar-refractivity contribution in [1.29, 1.82) is 0 Å². The largest absolute Gasteiger partial charge is 0.444 e. The number of Topliss-reactive ketones (excluding diaryl/α,β-unsaturated/α-hetero) is 2. The van der Waals surface area contributed by atoms with Gasteiger partial charge in [0.2, 0.25) is 0 Å². The van der Waals surface area contributed by atoms with Crippen molar-refractivity contribution in [2.24, 2.45) is 29.6 Å². The van der Waals surface area contributed by atoms with Gasteiger partial charge >= 0.3 is 6.09 Å². The fourth-order valence-corrected chi connectivity index (χ4v) is 11.6. The topological polar surface area (TPSA) is 124 Å². The zero-order valence-corrected chi connectivity index (χ0v) is 32.1. The number of hydrogen-bond acceptors (Lipinski definition) is 10. The van der Waals surface area contributed by atoms with Crippen molar-refractivity contribution in [2.75, 3.05) is 59.4 Å². The van der Waals surface area contributed by atoms with Crippen molar-refractivity contribution in [1.82, 2.24) is 30.2 Å². The Kier molecular flexibility index (Phi) is 10.4. The van der Waals surface area contributed by atoms with Crippen LogP contribution in [0.4, 0.5) is 9.18 Å². The molecule has 0 aromatic heterocycles. The first kappa shape index (κ1) is 37.3. The quantitative estimate of drug-likeness (QED) is 0.298. The monoisotopic (exact) mass is 740 g/mol. The van der Waals surface area contributed by atoms with E-state index in [4.69, 9.17) is 9.47 Å². The number of piperazine rings is 1. The number of nitrogens with zero attached hydrogens (tertiary/aromatic N) is 4. The van der Waals surface area contributed by atoms with Crippen LogP contribution in [0, 0.1) is 29.6 Å². The minimum absolute atomic E-state index is 0.0197. The number of nitrogens with one attached hydrogen (secondary N) is 2. The Bertz CT molecular complexity index is 1460.